The quantitative estimate of drug-likeness (QED) is 0.578. The molecule has 0 bridgehead atoms. The lowest BCUT2D eigenvalue weighted by Gasteiger charge is -2.20. The van der Waals surface area contributed by atoms with Crippen molar-refractivity contribution < 1.29 is 5.11 Å². The number of rotatable bonds is 0. The second-order valence-corrected chi connectivity index (χ2v) is 2.67. The van der Waals surface area contributed by atoms with E-state index < -0.39 is 0 Å². The van der Waals surface area contributed by atoms with E-state index in [9.17, 15) is 5.11 Å². The Morgan fingerprint density at radius 2 is 2.55 bits per heavy atom. The number of fused-ring (bicyclic) bond motifs is 1. The molecule has 2 rings (SSSR count). The Balaban J connectivity index is 2.44. The van der Waals surface area contributed by atoms with Gasteiger partial charge in [0, 0.05) is 18.3 Å². The number of nitrogens with zero attached hydrogens (tertiary/aromatic N) is 1. The van der Waals surface area contributed by atoms with Crippen molar-refractivity contribution in [1.82, 2.24) is 4.98 Å². The summed E-state index contributed by atoms with van der Waals surface area (Å²) in [5.74, 6) is 0.825. The first-order chi connectivity index (χ1) is 5.38. The zero-order valence-electron chi connectivity index (χ0n) is 6.12. The average molecular weight is 150 g/mol. The molecule has 1 atom stereocenters. The minimum Gasteiger partial charge on any atom is -0.388 e. The number of hydrogen-bond acceptors (Lipinski definition) is 3. The van der Waals surface area contributed by atoms with Crippen LogP contribution < -0.4 is 5.32 Å². The maximum atomic E-state index is 9.48. The van der Waals surface area contributed by atoms with Crippen LogP contribution in [0.2, 0.25) is 0 Å². The predicted octanol–water partition coefficient (Wildman–Crippen LogP) is 0.931. The number of pyridine rings is 1. The number of aliphatic hydroxyl groups excluding tert-OH is 1. The molecule has 58 valence electrons. The fourth-order valence-corrected chi connectivity index (χ4v) is 1.32. The van der Waals surface area contributed by atoms with Gasteiger partial charge in [-0.3, -0.25) is 0 Å². The SMILES string of the molecule is OC1CCNc2ncccc21. The highest BCUT2D eigenvalue weighted by atomic mass is 16.3. The van der Waals surface area contributed by atoms with Crippen LogP contribution >= 0.6 is 0 Å². The van der Waals surface area contributed by atoms with Crippen LogP contribution in [0.1, 0.15) is 18.1 Å². The number of aromatic nitrogens is 1. The van der Waals surface area contributed by atoms with Crippen molar-refractivity contribution in [1.29, 1.82) is 0 Å². The van der Waals surface area contributed by atoms with E-state index in [2.05, 4.69) is 10.3 Å². The van der Waals surface area contributed by atoms with Gasteiger partial charge in [-0.2, -0.15) is 0 Å². The molecule has 0 radical (unpaired) electrons. The third-order valence-corrected chi connectivity index (χ3v) is 1.91. The summed E-state index contributed by atoms with van der Waals surface area (Å²) < 4.78 is 0. The van der Waals surface area contributed by atoms with Crippen molar-refractivity contribution >= 4 is 5.82 Å². The third kappa shape index (κ3) is 1.07. The second kappa shape index (κ2) is 2.51. The average Bonchev–Trinajstić information content (AvgIpc) is 2.06. The highest BCUT2D eigenvalue weighted by Gasteiger charge is 2.16. The van der Waals surface area contributed by atoms with Gasteiger partial charge in [0.1, 0.15) is 5.82 Å². The first-order valence-electron chi connectivity index (χ1n) is 3.75. The zero-order chi connectivity index (χ0) is 7.68. The monoisotopic (exact) mass is 150 g/mol. The molecule has 11 heavy (non-hydrogen) atoms. The Hall–Kier alpha value is -1.09. The topological polar surface area (TPSA) is 45.1 Å². The van der Waals surface area contributed by atoms with E-state index in [-0.39, 0.29) is 6.10 Å². The molecule has 3 heteroatoms. The molecule has 1 aliphatic heterocycles. The smallest absolute Gasteiger partial charge is 0.131 e. The van der Waals surface area contributed by atoms with Crippen molar-refractivity contribution in [2.24, 2.45) is 0 Å². The first kappa shape index (κ1) is 6.61. The first-order valence-corrected chi connectivity index (χ1v) is 3.75. The molecule has 1 aromatic heterocycles. The molecule has 0 fully saturated rings. The number of hydrogen-bond donors (Lipinski definition) is 2. The van der Waals surface area contributed by atoms with Crippen LogP contribution in [0.5, 0.6) is 0 Å². The van der Waals surface area contributed by atoms with Crippen LogP contribution in [0.25, 0.3) is 0 Å². The van der Waals surface area contributed by atoms with E-state index in [1.807, 2.05) is 12.1 Å². The van der Waals surface area contributed by atoms with E-state index in [1.54, 1.807) is 6.20 Å². The lowest BCUT2D eigenvalue weighted by atomic mass is 10.0. The highest BCUT2D eigenvalue weighted by Crippen LogP contribution is 2.26. The maximum absolute atomic E-state index is 9.48. The van der Waals surface area contributed by atoms with E-state index >= 15 is 0 Å². The van der Waals surface area contributed by atoms with Crippen molar-refractivity contribution in [3.63, 3.8) is 0 Å². The number of nitrogens with one attached hydrogen (secondary N) is 1. The van der Waals surface area contributed by atoms with Crippen LogP contribution in [-0.2, 0) is 0 Å². The predicted molar refractivity (Wildman–Crippen MR) is 42.3 cm³/mol. The van der Waals surface area contributed by atoms with Crippen LogP contribution in [0.4, 0.5) is 5.82 Å². The normalized spacial score (nSPS) is 22.1. The summed E-state index contributed by atoms with van der Waals surface area (Å²) >= 11 is 0. The Kier molecular flexibility index (Phi) is 1.51. The molecule has 3 nitrogen and oxygen atoms in total. The molecule has 1 unspecified atom stereocenters. The largest absolute Gasteiger partial charge is 0.388 e. The van der Waals surface area contributed by atoms with Gasteiger partial charge in [0.2, 0.25) is 0 Å². The fraction of sp³-hybridized carbons (Fsp3) is 0.375. The standard InChI is InChI=1S/C8H10N2O/c11-7-3-5-10-8-6(7)2-1-4-9-8/h1-2,4,7,11H,3,5H2,(H,9,10). The van der Waals surface area contributed by atoms with E-state index in [1.165, 1.54) is 0 Å². The van der Waals surface area contributed by atoms with Crippen molar-refractivity contribution in [2.45, 2.75) is 12.5 Å². The summed E-state index contributed by atoms with van der Waals surface area (Å²) in [4.78, 5) is 4.10. The molecule has 2 N–H and O–H groups in total. The minimum atomic E-state index is -0.333. The van der Waals surface area contributed by atoms with Crippen LogP contribution in [0.15, 0.2) is 18.3 Å². The summed E-state index contributed by atoms with van der Waals surface area (Å²) in [6.07, 6.45) is 2.17. The second-order valence-electron chi connectivity index (χ2n) is 2.67. The third-order valence-electron chi connectivity index (χ3n) is 1.91. The Morgan fingerprint density at radius 1 is 1.64 bits per heavy atom. The summed E-state index contributed by atoms with van der Waals surface area (Å²) in [6.45, 7) is 0.811. The number of aliphatic hydroxyl groups is 1. The van der Waals surface area contributed by atoms with Crippen LogP contribution in [-0.4, -0.2) is 16.6 Å². The van der Waals surface area contributed by atoms with E-state index in [0.717, 1.165) is 24.3 Å². The van der Waals surface area contributed by atoms with E-state index in [0.29, 0.717) is 0 Å². The Labute approximate surface area is 65.1 Å². The molecule has 0 amide bonds. The molecule has 0 aromatic carbocycles. The number of anilines is 1. The van der Waals surface area contributed by atoms with Gasteiger partial charge in [0.05, 0.1) is 6.10 Å². The highest BCUT2D eigenvalue weighted by molar-refractivity contribution is 5.46. The molecule has 1 aliphatic rings. The molecule has 2 heterocycles. The van der Waals surface area contributed by atoms with Crippen molar-refractivity contribution in [3.05, 3.63) is 23.9 Å². The lowest BCUT2D eigenvalue weighted by molar-refractivity contribution is 0.168. The van der Waals surface area contributed by atoms with Gasteiger partial charge in [-0.1, -0.05) is 6.07 Å². The van der Waals surface area contributed by atoms with Gasteiger partial charge in [0.25, 0.3) is 0 Å². The summed E-state index contributed by atoms with van der Waals surface area (Å²) in [5, 5.41) is 12.6. The van der Waals surface area contributed by atoms with Crippen LogP contribution in [0, 0.1) is 0 Å². The van der Waals surface area contributed by atoms with Crippen LogP contribution in [0.3, 0.4) is 0 Å². The zero-order valence-corrected chi connectivity index (χ0v) is 6.12. The Morgan fingerprint density at radius 3 is 3.36 bits per heavy atom. The maximum Gasteiger partial charge on any atom is 0.131 e. The fourth-order valence-electron chi connectivity index (χ4n) is 1.32. The lowest BCUT2D eigenvalue weighted by Crippen LogP contribution is -2.17. The molecular formula is C8H10N2O. The molecule has 0 saturated heterocycles. The van der Waals surface area contributed by atoms with Gasteiger partial charge in [-0.25, -0.2) is 4.98 Å². The minimum absolute atomic E-state index is 0.333. The molecule has 0 aliphatic carbocycles. The van der Waals surface area contributed by atoms with Gasteiger partial charge < -0.3 is 10.4 Å². The van der Waals surface area contributed by atoms with Gasteiger partial charge in [-0.15, -0.1) is 0 Å². The summed E-state index contributed by atoms with van der Waals surface area (Å²) in [7, 11) is 0. The summed E-state index contributed by atoms with van der Waals surface area (Å²) in [5.41, 5.74) is 0.916. The van der Waals surface area contributed by atoms with Gasteiger partial charge in [0.15, 0.2) is 0 Å². The molecule has 1 aromatic rings. The summed E-state index contributed by atoms with van der Waals surface area (Å²) in [6, 6.07) is 3.74. The molecular weight excluding hydrogens is 140 g/mol. The van der Waals surface area contributed by atoms with Crippen molar-refractivity contribution in [2.75, 3.05) is 11.9 Å². The molecule has 0 spiro atoms. The van der Waals surface area contributed by atoms with E-state index in [4.69, 9.17) is 0 Å². The Bertz CT molecular complexity index is 262. The van der Waals surface area contributed by atoms with Gasteiger partial charge in [-0.05, 0) is 12.5 Å². The van der Waals surface area contributed by atoms with Gasteiger partial charge >= 0.3 is 0 Å². The molecule has 0 saturated carbocycles. The van der Waals surface area contributed by atoms with Crippen molar-refractivity contribution in [3.8, 4) is 0 Å².